The fraction of sp³-hybridized carbons (Fsp3) is 0.647. The van der Waals surface area contributed by atoms with Crippen molar-refractivity contribution in [3.05, 3.63) is 34.9 Å². The molecular weight excluding hydrogens is 317 g/mol. The monoisotopic (exact) mass is 343 g/mol. The molecule has 3 nitrogen and oxygen atoms in total. The van der Waals surface area contributed by atoms with Crippen LogP contribution in [0.4, 0.5) is 0 Å². The van der Waals surface area contributed by atoms with Gasteiger partial charge in [0.05, 0.1) is 0 Å². The Balaban J connectivity index is 1.60. The second-order valence-electron chi connectivity index (χ2n) is 6.41. The molecule has 2 N–H and O–H groups in total. The first-order valence-corrected chi connectivity index (χ1v) is 10.7. The maximum Gasteiger partial charge on any atom is 0.200 e. The van der Waals surface area contributed by atoms with Crippen LogP contribution in [0.5, 0.6) is 0 Å². The SMILES string of the molecule is O=P(O)(CCCNCc1ccc(Cl)cc1)CC1CCCCC1. The van der Waals surface area contributed by atoms with Crippen molar-refractivity contribution in [1.82, 2.24) is 5.32 Å². The van der Waals surface area contributed by atoms with Gasteiger partial charge in [-0.25, -0.2) is 0 Å². The van der Waals surface area contributed by atoms with Crippen LogP contribution in [0.1, 0.15) is 44.1 Å². The van der Waals surface area contributed by atoms with Crippen LogP contribution in [-0.2, 0) is 11.1 Å². The molecule has 1 aromatic carbocycles. The molecule has 0 spiro atoms. The molecule has 1 aliphatic carbocycles. The van der Waals surface area contributed by atoms with Crippen molar-refractivity contribution in [3.63, 3.8) is 0 Å². The van der Waals surface area contributed by atoms with E-state index < -0.39 is 7.37 Å². The Bertz CT molecular complexity index is 486. The van der Waals surface area contributed by atoms with Gasteiger partial charge >= 0.3 is 0 Å². The third-order valence-electron chi connectivity index (χ3n) is 4.37. The van der Waals surface area contributed by atoms with Gasteiger partial charge in [0.2, 0.25) is 7.37 Å². The molecule has 1 fully saturated rings. The highest BCUT2D eigenvalue weighted by Crippen LogP contribution is 2.45. The van der Waals surface area contributed by atoms with Crippen molar-refractivity contribution in [1.29, 1.82) is 0 Å². The average molecular weight is 344 g/mol. The lowest BCUT2D eigenvalue weighted by Crippen LogP contribution is -2.17. The van der Waals surface area contributed by atoms with Crippen LogP contribution in [0.3, 0.4) is 0 Å². The summed E-state index contributed by atoms with van der Waals surface area (Å²) in [6.45, 7) is 1.55. The van der Waals surface area contributed by atoms with Gasteiger partial charge in [0.15, 0.2) is 0 Å². The van der Waals surface area contributed by atoms with Gasteiger partial charge < -0.3 is 10.2 Å². The number of benzene rings is 1. The van der Waals surface area contributed by atoms with E-state index in [0.29, 0.717) is 18.2 Å². The maximum absolute atomic E-state index is 12.3. The molecule has 1 aromatic rings. The zero-order valence-corrected chi connectivity index (χ0v) is 14.8. The van der Waals surface area contributed by atoms with E-state index in [2.05, 4.69) is 5.32 Å². The highest BCUT2D eigenvalue weighted by molar-refractivity contribution is 7.57. The van der Waals surface area contributed by atoms with Gasteiger partial charge in [-0.05, 0) is 49.4 Å². The van der Waals surface area contributed by atoms with Gasteiger partial charge in [-0.3, -0.25) is 4.57 Å². The molecule has 1 saturated carbocycles. The smallest absolute Gasteiger partial charge is 0.200 e. The average Bonchev–Trinajstić information content (AvgIpc) is 2.49. The van der Waals surface area contributed by atoms with Crippen molar-refractivity contribution in [2.24, 2.45) is 5.92 Å². The van der Waals surface area contributed by atoms with Gasteiger partial charge in [0, 0.05) is 23.9 Å². The fourth-order valence-corrected chi connectivity index (χ4v) is 5.28. The number of hydrogen-bond donors (Lipinski definition) is 2. The van der Waals surface area contributed by atoms with Crippen molar-refractivity contribution in [2.75, 3.05) is 18.9 Å². The molecule has 22 heavy (non-hydrogen) atoms. The Kier molecular flexibility index (Phi) is 7.43. The molecule has 0 heterocycles. The fourth-order valence-electron chi connectivity index (χ4n) is 3.15. The van der Waals surface area contributed by atoms with Crippen LogP contribution in [0.25, 0.3) is 0 Å². The minimum Gasteiger partial charge on any atom is -0.344 e. The lowest BCUT2D eigenvalue weighted by atomic mass is 9.91. The van der Waals surface area contributed by atoms with E-state index in [-0.39, 0.29) is 0 Å². The Morgan fingerprint density at radius 1 is 1.18 bits per heavy atom. The molecule has 0 aliphatic heterocycles. The predicted molar refractivity (Wildman–Crippen MR) is 93.9 cm³/mol. The van der Waals surface area contributed by atoms with Crippen LogP contribution in [0, 0.1) is 5.92 Å². The van der Waals surface area contributed by atoms with E-state index in [9.17, 15) is 9.46 Å². The van der Waals surface area contributed by atoms with E-state index in [0.717, 1.165) is 37.4 Å². The molecule has 124 valence electrons. The predicted octanol–water partition coefficient (Wildman–Crippen LogP) is 4.67. The second kappa shape index (κ2) is 9.08. The molecule has 0 saturated heterocycles. The number of hydrogen-bond acceptors (Lipinski definition) is 2. The zero-order valence-electron chi connectivity index (χ0n) is 13.1. The van der Waals surface area contributed by atoms with Crippen LogP contribution in [0.15, 0.2) is 24.3 Å². The maximum atomic E-state index is 12.3. The first-order chi connectivity index (χ1) is 10.6. The minimum atomic E-state index is -2.94. The van der Waals surface area contributed by atoms with E-state index in [1.54, 1.807) is 0 Å². The summed E-state index contributed by atoms with van der Waals surface area (Å²) >= 11 is 5.85. The van der Waals surface area contributed by atoms with Crippen molar-refractivity contribution in [2.45, 2.75) is 45.1 Å². The first kappa shape index (κ1) is 18.0. The van der Waals surface area contributed by atoms with Gasteiger partial charge in [0.1, 0.15) is 0 Å². The molecule has 0 amide bonds. The third kappa shape index (κ3) is 6.83. The van der Waals surface area contributed by atoms with Crippen molar-refractivity contribution in [3.8, 4) is 0 Å². The topological polar surface area (TPSA) is 49.3 Å². The lowest BCUT2D eigenvalue weighted by Gasteiger charge is -2.24. The number of rotatable bonds is 8. The third-order valence-corrected chi connectivity index (χ3v) is 6.73. The largest absolute Gasteiger partial charge is 0.344 e. The summed E-state index contributed by atoms with van der Waals surface area (Å²) in [5.74, 6) is 0.478. The summed E-state index contributed by atoms with van der Waals surface area (Å²) < 4.78 is 12.3. The van der Waals surface area contributed by atoms with Gasteiger partial charge in [-0.15, -0.1) is 0 Å². The summed E-state index contributed by atoms with van der Waals surface area (Å²) in [5, 5.41) is 4.07. The van der Waals surface area contributed by atoms with Crippen LogP contribution in [-0.4, -0.2) is 23.8 Å². The Morgan fingerprint density at radius 2 is 1.86 bits per heavy atom. The number of nitrogens with one attached hydrogen (secondary N) is 1. The highest BCUT2D eigenvalue weighted by Gasteiger charge is 2.24. The van der Waals surface area contributed by atoms with Crippen LogP contribution < -0.4 is 5.32 Å². The molecule has 2 rings (SSSR count). The quantitative estimate of drug-likeness (QED) is 0.532. The lowest BCUT2D eigenvalue weighted by molar-refractivity contribution is 0.372. The molecule has 1 aliphatic rings. The van der Waals surface area contributed by atoms with E-state index in [1.807, 2.05) is 24.3 Å². The summed E-state index contributed by atoms with van der Waals surface area (Å²) in [6, 6.07) is 7.75. The highest BCUT2D eigenvalue weighted by atomic mass is 35.5. The van der Waals surface area contributed by atoms with E-state index in [1.165, 1.54) is 24.8 Å². The minimum absolute atomic E-state index is 0.442. The Labute approximate surface area is 138 Å². The first-order valence-electron chi connectivity index (χ1n) is 8.31. The Hall–Kier alpha value is -0.340. The summed E-state index contributed by atoms with van der Waals surface area (Å²) in [4.78, 5) is 10.1. The van der Waals surface area contributed by atoms with Crippen molar-refractivity contribution < 1.29 is 9.46 Å². The molecule has 1 unspecified atom stereocenters. The van der Waals surface area contributed by atoms with Gasteiger partial charge in [-0.1, -0.05) is 43.0 Å². The molecule has 5 heteroatoms. The summed E-state index contributed by atoms with van der Waals surface area (Å²) in [5.41, 5.74) is 1.18. The van der Waals surface area contributed by atoms with Crippen molar-refractivity contribution >= 4 is 19.0 Å². The zero-order chi connectivity index (χ0) is 15.8. The standard InChI is InChI=1S/C17H27ClNO2P/c18-17-9-7-15(8-10-17)13-19-11-4-12-22(20,21)14-16-5-2-1-3-6-16/h7-10,16,19H,1-6,11-14H2,(H,20,21). The summed E-state index contributed by atoms with van der Waals surface area (Å²) in [7, 11) is -2.94. The van der Waals surface area contributed by atoms with Gasteiger partial charge in [0.25, 0.3) is 0 Å². The summed E-state index contributed by atoms with van der Waals surface area (Å²) in [6.07, 6.45) is 7.76. The molecule has 1 atom stereocenters. The molecule has 0 bridgehead atoms. The van der Waals surface area contributed by atoms with E-state index in [4.69, 9.17) is 11.6 Å². The molecule has 0 aromatic heterocycles. The van der Waals surface area contributed by atoms with Crippen LogP contribution in [0.2, 0.25) is 5.02 Å². The molecule has 0 radical (unpaired) electrons. The molecular formula is C17H27ClNO2P. The number of halogens is 1. The van der Waals surface area contributed by atoms with Crippen LogP contribution >= 0.6 is 19.0 Å². The van der Waals surface area contributed by atoms with E-state index >= 15 is 0 Å². The normalized spacial score (nSPS) is 19.0. The Morgan fingerprint density at radius 3 is 2.55 bits per heavy atom. The second-order valence-corrected chi connectivity index (χ2v) is 9.35. The van der Waals surface area contributed by atoms with Gasteiger partial charge in [-0.2, -0.15) is 0 Å².